The van der Waals surface area contributed by atoms with E-state index in [-0.39, 0.29) is 11.8 Å². The average molecular weight is 380 g/mol. The highest BCUT2D eigenvalue weighted by atomic mass is 32.2. The Morgan fingerprint density at radius 3 is 2.38 bits per heavy atom. The van der Waals surface area contributed by atoms with E-state index < -0.39 is 0 Å². The van der Waals surface area contributed by atoms with Gasteiger partial charge in [0.25, 0.3) is 0 Å². The van der Waals surface area contributed by atoms with Crippen molar-refractivity contribution in [3.05, 3.63) is 17.0 Å². The van der Waals surface area contributed by atoms with Gasteiger partial charge in [-0.2, -0.15) is 0 Å². The summed E-state index contributed by atoms with van der Waals surface area (Å²) in [6, 6.07) is 0. The van der Waals surface area contributed by atoms with Gasteiger partial charge in [-0.15, -0.1) is 11.8 Å². The molecule has 144 valence electrons. The number of aryl methyl sites for hydroxylation is 2. The van der Waals surface area contributed by atoms with E-state index in [0.717, 1.165) is 61.5 Å². The number of amides is 2. The van der Waals surface area contributed by atoms with E-state index in [4.69, 9.17) is 4.52 Å². The topological polar surface area (TPSA) is 66.7 Å². The second-order valence-corrected chi connectivity index (χ2v) is 8.32. The third-order valence-corrected chi connectivity index (χ3v) is 6.46. The van der Waals surface area contributed by atoms with Gasteiger partial charge in [-0.3, -0.25) is 9.59 Å². The number of carbonyl (C=O) groups excluding carboxylic acids is 2. The monoisotopic (exact) mass is 379 g/mol. The molecule has 0 unspecified atom stereocenters. The molecule has 1 aromatic rings. The number of aromatic nitrogens is 1. The van der Waals surface area contributed by atoms with Crippen molar-refractivity contribution in [2.75, 3.05) is 31.9 Å². The van der Waals surface area contributed by atoms with Crippen molar-refractivity contribution in [3.8, 4) is 0 Å². The zero-order chi connectivity index (χ0) is 18.5. The molecule has 7 heteroatoms. The summed E-state index contributed by atoms with van der Waals surface area (Å²) in [5.74, 6) is 2.63. The lowest BCUT2D eigenvalue weighted by molar-refractivity contribution is -0.140. The van der Waals surface area contributed by atoms with Crippen LogP contribution in [0.2, 0.25) is 0 Å². The summed E-state index contributed by atoms with van der Waals surface area (Å²) in [4.78, 5) is 29.0. The van der Waals surface area contributed by atoms with Gasteiger partial charge in [0.2, 0.25) is 11.8 Å². The molecule has 0 N–H and O–H groups in total. The average Bonchev–Trinajstić information content (AvgIpc) is 3.00. The molecule has 6 nitrogen and oxygen atoms in total. The van der Waals surface area contributed by atoms with Crippen molar-refractivity contribution in [2.24, 2.45) is 5.92 Å². The zero-order valence-electron chi connectivity index (χ0n) is 15.8. The van der Waals surface area contributed by atoms with E-state index in [1.165, 1.54) is 6.42 Å². The molecule has 26 heavy (non-hydrogen) atoms. The van der Waals surface area contributed by atoms with Gasteiger partial charge in [-0.1, -0.05) is 5.16 Å². The number of piperidine rings is 2. The SMILES string of the molecule is Cc1noc(C)c1CSCC(=O)N1CCC(C(=O)N2CCCCC2)CC1. The van der Waals surface area contributed by atoms with Crippen molar-refractivity contribution >= 4 is 23.6 Å². The first-order chi connectivity index (χ1) is 12.6. The first-order valence-electron chi connectivity index (χ1n) is 9.62. The summed E-state index contributed by atoms with van der Waals surface area (Å²) in [7, 11) is 0. The van der Waals surface area contributed by atoms with Crippen LogP contribution in [0.5, 0.6) is 0 Å². The van der Waals surface area contributed by atoms with E-state index in [9.17, 15) is 9.59 Å². The molecule has 2 aliphatic heterocycles. The Morgan fingerprint density at radius 2 is 1.77 bits per heavy atom. The molecule has 0 spiro atoms. The maximum atomic E-state index is 12.6. The van der Waals surface area contributed by atoms with Gasteiger partial charge in [0.1, 0.15) is 5.76 Å². The minimum Gasteiger partial charge on any atom is -0.361 e. The van der Waals surface area contributed by atoms with Crippen LogP contribution in [0.4, 0.5) is 0 Å². The molecule has 1 aromatic heterocycles. The highest BCUT2D eigenvalue weighted by Crippen LogP contribution is 2.24. The number of hydrogen-bond acceptors (Lipinski definition) is 5. The van der Waals surface area contributed by atoms with Crippen LogP contribution in [0.25, 0.3) is 0 Å². The van der Waals surface area contributed by atoms with Crippen LogP contribution in [0.3, 0.4) is 0 Å². The summed E-state index contributed by atoms with van der Waals surface area (Å²) in [5.41, 5.74) is 1.99. The Bertz CT molecular complexity index is 612. The minimum absolute atomic E-state index is 0.104. The summed E-state index contributed by atoms with van der Waals surface area (Å²) in [6.45, 7) is 7.07. The smallest absolute Gasteiger partial charge is 0.232 e. The quantitative estimate of drug-likeness (QED) is 0.787. The molecule has 0 saturated carbocycles. The number of nitrogens with zero attached hydrogens (tertiary/aromatic N) is 3. The van der Waals surface area contributed by atoms with Gasteiger partial charge in [-0.05, 0) is 46.0 Å². The van der Waals surface area contributed by atoms with Gasteiger partial charge in [-0.25, -0.2) is 0 Å². The van der Waals surface area contributed by atoms with Crippen LogP contribution in [-0.4, -0.2) is 58.7 Å². The zero-order valence-corrected chi connectivity index (χ0v) is 16.6. The summed E-state index contributed by atoms with van der Waals surface area (Å²) < 4.78 is 5.16. The number of thioether (sulfide) groups is 1. The number of rotatable bonds is 5. The molecular formula is C19H29N3O3S. The molecule has 0 bridgehead atoms. The molecule has 0 atom stereocenters. The third-order valence-electron chi connectivity index (χ3n) is 5.52. The predicted octanol–water partition coefficient (Wildman–Crippen LogP) is 2.78. The molecule has 2 amide bonds. The van der Waals surface area contributed by atoms with Gasteiger partial charge in [0, 0.05) is 43.4 Å². The minimum atomic E-state index is 0.104. The van der Waals surface area contributed by atoms with Gasteiger partial charge in [0.15, 0.2) is 0 Å². The van der Waals surface area contributed by atoms with Gasteiger partial charge < -0.3 is 14.3 Å². The lowest BCUT2D eigenvalue weighted by atomic mass is 9.94. The molecular weight excluding hydrogens is 350 g/mol. The third kappa shape index (κ3) is 4.61. The molecule has 2 aliphatic rings. The maximum Gasteiger partial charge on any atom is 0.232 e. The Morgan fingerprint density at radius 1 is 1.08 bits per heavy atom. The highest BCUT2D eigenvalue weighted by molar-refractivity contribution is 7.99. The molecule has 2 fully saturated rings. The molecule has 0 radical (unpaired) electrons. The fraction of sp³-hybridized carbons (Fsp3) is 0.737. The molecule has 0 aromatic carbocycles. The van der Waals surface area contributed by atoms with Gasteiger partial charge >= 0.3 is 0 Å². The number of likely N-dealkylation sites (tertiary alicyclic amines) is 2. The molecule has 3 heterocycles. The standard InChI is InChI=1S/C19H29N3O3S/c1-14-17(15(2)25-20-14)12-26-13-18(23)21-10-6-16(7-11-21)19(24)22-8-4-3-5-9-22/h16H,3-13H2,1-2H3. The Kier molecular flexibility index (Phi) is 6.62. The first kappa shape index (κ1) is 19.3. The number of hydrogen-bond donors (Lipinski definition) is 0. The van der Waals surface area contributed by atoms with Crippen LogP contribution in [0, 0.1) is 19.8 Å². The van der Waals surface area contributed by atoms with E-state index >= 15 is 0 Å². The summed E-state index contributed by atoms with van der Waals surface area (Å²) in [5, 5.41) is 3.95. The lowest BCUT2D eigenvalue weighted by Crippen LogP contribution is -2.46. The van der Waals surface area contributed by atoms with E-state index in [0.29, 0.717) is 24.7 Å². The highest BCUT2D eigenvalue weighted by Gasteiger charge is 2.30. The normalized spacial score (nSPS) is 19.0. The molecule has 2 saturated heterocycles. The molecule has 3 rings (SSSR count). The van der Waals surface area contributed by atoms with Crippen LogP contribution >= 0.6 is 11.8 Å². The van der Waals surface area contributed by atoms with Crippen molar-refractivity contribution in [1.82, 2.24) is 15.0 Å². The van der Waals surface area contributed by atoms with Crippen LogP contribution in [-0.2, 0) is 15.3 Å². The van der Waals surface area contributed by atoms with Crippen LogP contribution in [0.15, 0.2) is 4.52 Å². The second-order valence-electron chi connectivity index (χ2n) is 7.34. The predicted molar refractivity (Wildman–Crippen MR) is 102 cm³/mol. The van der Waals surface area contributed by atoms with Gasteiger partial charge in [0.05, 0.1) is 11.4 Å². The van der Waals surface area contributed by atoms with Crippen LogP contribution in [0.1, 0.15) is 49.1 Å². The van der Waals surface area contributed by atoms with Crippen LogP contribution < -0.4 is 0 Å². The maximum absolute atomic E-state index is 12.6. The van der Waals surface area contributed by atoms with Crippen molar-refractivity contribution in [3.63, 3.8) is 0 Å². The molecule has 0 aliphatic carbocycles. The summed E-state index contributed by atoms with van der Waals surface area (Å²) >= 11 is 1.60. The lowest BCUT2D eigenvalue weighted by Gasteiger charge is -2.35. The fourth-order valence-electron chi connectivity index (χ4n) is 3.79. The summed E-state index contributed by atoms with van der Waals surface area (Å²) in [6.07, 6.45) is 5.10. The van der Waals surface area contributed by atoms with Crippen molar-refractivity contribution in [1.29, 1.82) is 0 Å². The largest absolute Gasteiger partial charge is 0.361 e. The fourth-order valence-corrected chi connectivity index (χ4v) is 4.86. The van der Waals surface area contributed by atoms with E-state index in [1.807, 2.05) is 23.6 Å². The van der Waals surface area contributed by atoms with E-state index in [1.54, 1.807) is 11.8 Å². The first-order valence-corrected chi connectivity index (χ1v) is 10.8. The Hall–Kier alpha value is -1.50. The van der Waals surface area contributed by atoms with E-state index in [2.05, 4.69) is 5.16 Å². The Balaban J connectivity index is 1.40. The second kappa shape index (κ2) is 8.93. The van der Waals surface area contributed by atoms with Crippen molar-refractivity contribution < 1.29 is 14.1 Å². The van der Waals surface area contributed by atoms with Crippen molar-refractivity contribution in [2.45, 2.75) is 51.7 Å². The Labute approximate surface area is 159 Å². The number of carbonyl (C=O) groups is 2.